The van der Waals surface area contributed by atoms with Crippen LogP contribution in [0.3, 0.4) is 0 Å². The van der Waals surface area contributed by atoms with Crippen molar-refractivity contribution < 1.29 is 14.3 Å². The third kappa shape index (κ3) is 5.35. The number of esters is 1. The minimum absolute atomic E-state index is 0.109. The van der Waals surface area contributed by atoms with Crippen molar-refractivity contribution in [1.29, 1.82) is 0 Å². The first-order valence-electron chi connectivity index (χ1n) is 9.13. The Balaban J connectivity index is 1.88. The number of hydrogen-bond donors (Lipinski definition) is 0. The molecule has 0 atom stereocenters. The van der Waals surface area contributed by atoms with Crippen LogP contribution in [0.5, 0.6) is 5.75 Å². The fourth-order valence-corrected chi connectivity index (χ4v) is 2.84. The summed E-state index contributed by atoms with van der Waals surface area (Å²) >= 11 is 0. The van der Waals surface area contributed by atoms with E-state index in [4.69, 9.17) is 9.47 Å². The van der Waals surface area contributed by atoms with Crippen molar-refractivity contribution in [1.82, 2.24) is 0 Å². The van der Waals surface area contributed by atoms with Gasteiger partial charge in [-0.15, -0.1) is 0 Å². The molecule has 0 spiro atoms. The van der Waals surface area contributed by atoms with Crippen molar-refractivity contribution >= 4 is 5.97 Å². The van der Waals surface area contributed by atoms with Crippen LogP contribution >= 0.6 is 0 Å². The molecular weight excluding hydrogens is 324 g/mol. The van der Waals surface area contributed by atoms with Gasteiger partial charge in [-0.05, 0) is 60.1 Å². The molecule has 0 unspecified atom stereocenters. The lowest BCUT2D eigenvalue weighted by molar-refractivity contribution is -0.145. The van der Waals surface area contributed by atoms with Crippen LogP contribution < -0.4 is 4.74 Å². The van der Waals surface area contributed by atoms with Crippen LogP contribution in [0.1, 0.15) is 55.0 Å². The molecular formula is C23H30O3. The first kappa shape index (κ1) is 20.0. The summed E-state index contributed by atoms with van der Waals surface area (Å²) in [4.78, 5) is 12.0. The summed E-state index contributed by atoms with van der Waals surface area (Å²) in [5.74, 6) is 0.571. The summed E-state index contributed by atoms with van der Waals surface area (Å²) < 4.78 is 11.1. The molecule has 0 aromatic heterocycles. The maximum atomic E-state index is 12.0. The monoisotopic (exact) mass is 354 g/mol. The SMILES string of the molecule is Cc1ccccc1OCCC(=O)OCc1c(C)cc(C(C)(C)C)cc1C. The second-order valence-corrected chi connectivity index (χ2v) is 7.86. The highest BCUT2D eigenvalue weighted by molar-refractivity contribution is 5.69. The highest BCUT2D eigenvalue weighted by Crippen LogP contribution is 2.27. The molecule has 0 aliphatic carbocycles. The fraction of sp³-hybridized carbons (Fsp3) is 0.435. The molecule has 0 aliphatic rings. The van der Waals surface area contributed by atoms with Crippen LogP contribution in [0, 0.1) is 20.8 Å². The van der Waals surface area contributed by atoms with Crippen molar-refractivity contribution in [3.05, 3.63) is 64.2 Å². The molecule has 0 saturated heterocycles. The van der Waals surface area contributed by atoms with Crippen molar-refractivity contribution in [2.24, 2.45) is 0 Å². The zero-order valence-electron chi connectivity index (χ0n) is 16.8. The smallest absolute Gasteiger partial charge is 0.309 e. The first-order chi connectivity index (χ1) is 12.2. The average Bonchev–Trinajstić information content (AvgIpc) is 2.55. The molecule has 0 bridgehead atoms. The Morgan fingerprint density at radius 1 is 0.962 bits per heavy atom. The number of rotatable bonds is 6. The molecule has 2 aromatic carbocycles. The molecule has 0 radical (unpaired) electrons. The number of aryl methyl sites for hydroxylation is 3. The Labute approximate surface area is 157 Å². The van der Waals surface area contributed by atoms with Crippen molar-refractivity contribution in [2.45, 2.75) is 60.0 Å². The largest absolute Gasteiger partial charge is 0.493 e. The molecule has 3 nitrogen and oxygen atoms in total. The van der Waals surface area contributed by atoms with E-state index >= 15 is 0 Å². The van der Waals surface area contributed by atoms with Gasteiger partial charge in [-0.1, -0.05) is 51.1 Å². The van der Waals surface area contributed by atoms with E-state index in [1.54, 1.807) is 0 Å². The van der Waals surface area contributed by atoms with Crippen molar-refractivity contribution in [3.63, 3.8) is 0 Å². The van der Waals surface area contributed by atoms with Crippen molar-refractivity contribution in [2.75, 3.05) is 6.61 Å². The summed E-state index contributed by atoms with van der Waals surface area (Å²) in [5, 5.41) is 0. The van der Waals surface area contributed by atoms with E-state index in [-0.39, 0.29) is 17.8 Å². The van der Waals surface area contributed by atoms with Gasteiger partial charge in [0, 0.05) is 0 Å². The van der Waals surface area contributed by atoms with Crippen LogP contribution in [-0.4, -0.2) is 12.6 Å². The lowest BCUT2D eigenvalue weighted by Gasteiger charge is -2.22. The molecule has 0 aliphatic heterocycles. The van der Waals surface area contributed by atoms with Gasteiger partial charge in [-0.3, -0.25) is 4.79 Å². The summed E-state index contributed by atoms with van der Waals surface area (Å²) in [6.45, 7) is 13.4. The second kappa shape index (κ2) is 8.39. The van der Waals surface area contributed by atoms with E-state index in [1.165, 1.54) is 16.7 Å². The zero-order chi connectivity index (χ0) is 19.3. The van der Waals surface area contributed by atoms with Gasteiger partial charge in [0.25, 0.3) is 0 Å². The van der Waals surface area contributed by atoms with Gasteiger partial charge in [-0.2, -0.15) is 0 Å². The number of ether oxygens (including phenoxy) is 2. The van der Waals surface area contributed by atoms with Gasteiger partial charge < -0.3 is 9.47 Å². The molecule has 2 aromatic rings. The molecule has 0 fully saturated rings. The molecule has 0 amide bonds. The predicted molar refractivity (Wildman–Crippen MR) is 106 cm³/mol. The summed E-state index contributed by atoms with van der Waals surface area (Å²) in [5.41, 5.74) is 5.89. The Morgan fingerprint density at radius 2 is 1.58 bits per heavy atom. The first-order valence-corrected chi connectivity index (χ1v) is 9.13. The Kier molecular flexibility index (Phi) is 6.47. The van der Waals surface area contributed by atoms with E-state index in [1.807, 2.05) is 31.2 Å². The summed E-state index contributed by atoms with van der Waals surface area (Å²) in [7, 11) is 0. The zero-order valence-corrected chi connectivity index (χ0v) is 16.8. The Morgan fingerprint density at radius 3 is 2.15 bits per heavy atom. The lowest BCUT2D eigenvalue weighted by atomic mass is 9.84. The summed E-state index contributed by atoms with van der Waals surface area (Å²) in [6.07, 6.45) is 0.243. The van der Waals surface area contributed by atoms with Gasteiger partial charge >= 0.3 is 5.97 Å². The summed E-state index contributed by atoms with van der Waals surface area (Å²) in [6, 6.07) is 12.2. The Bertz CT molecular complexity index is 746. The van der Waals surface area contributed by atoms with Crippen LogP contribution in [0.15, 0.2) is 36.4 Å². The standard InChI is InChI=1S/C23H30O3/c1-16-9-7-8-10-21(16)25-12-11-22(24)26-15-20-17(2)13-19(14-18(20)3)23(4,5)6/h7-10,13-14H,11-12,15H2,1-6H3. The van der Waals surface area contributed by atoms with Crippen molar-refractivity contribution in [3.8, 4) is 5.75 Å². The highest BCUT2D eigenvalue weighted by atomic mass is 16.5. The van der Waals surface area contributed by atoms with Crippen LogP contribution in [0.25, 0.3) is 0 Å². The molecule has 2 rings (SSSR count). The number of carbonyl (C=O) groups excluding carboxylic acids is 1. The van der Waals surface area contributed by atoms with Crippen LogP contribution in [0.2, 0.25) is 0 Å². The van der Waals surface area contributed by atoms with Gasteiger partial charge in [0.15, 0.2) is 0 Å². The van der Waals surface area contributed by atoms with Crippen LogP contribution in [-0.2, 0) is 21.6 Å². The fourth-order valence-electron chi connectivity index (χ4n) is 2.84. The molecule has 26 heavy (non-hydrogen) atoms. The molecule has 0 N–H and O–H groups in total. The third-order valence-corrected chi connectivity index (χ3v) is 4.60. The maximum Gasteiger partial charge on any atom is 0.309 e. The average molecular weight is 354 g/mol. The molecule has 140 valence electrons. The molecule has 3 heteroatoms. The normalized spacial score (nSPS) is 11.3. The number of benzene rings is 2. The van der Waals surface area contributed by atoms with E-state index in [2.05, 4.69) is 46.8 Å². The number of hydrogen-bond acceptors (Lipinski definition) is 3. The molecule has 0 saturated carbocycles. The predicted octanol–water partition coefficient (Wildman–Crippen LogP) is 5.42. The third-order valence-electron chi connectivity index (χ3n) is 4.60. The lowest BCUT2D eigenvalue weighted by Crippen LogP contribution is -2.14. The van der Waals surface area contributed by atoms with E-state index in [0.29, 0.717) is 13.2 Å². The topological polar surface area (TPSA) is 35.5 Å². The van der Waals surface area contributed by atoms with E-state index in [0.717, 1.165) is 16.9 Å². The van der Waals surface area contributed by atoms with Gasteiger partial charge in [0.2, 0.25) is 0 Å². The second-order valence-electron chi connectivity index (χ2n) is 7.86. The van der Waals surface area contributed by atoms with Gasteiger partial charge in [-0.25, -0.2) is 0 Å². The minimum Gasteiger partial charge on any atom is -0.493 e. The van der Waals surface area contributed by atoms with Gasteiger partial charge in [0.1, 0.15) is 12.4 Å². The van der Waals surface area contributed by atoms with Crippen LogP contribution in [0.4, 0.5) is 0 Å². The Hall–Kier alpha value is -2.29. The maximum absolute atomic E-state index is 12.0. The van der Waals surface area contributed by atoms with E-state index < -0.39 is 0 Å². The van der Waals surface area contributed by atoms with E-state index in [9.17, 15) is 4.79 Å². The minimum atomic E-state index is -0.239. The quantitative estimate of drug-likeness (QED) is 0.650. The highest BCUT2D eigenvalue weighted by Gasteiger charge is 2.17. The molecule has 0 heterocycles. The number of para-hydroxylation sites is 1. The van der Waals surface area contributed by atoms with Gasteiger partial charge in [0.05, 0.1) is 13.0 Å². The number of carbonyl (C=O) groups is 1.